The molecule has 1 aliphatic carbocycles. The van der Waals surface area contributed by atoms with Crippen LogP contribution in [0.4, 0.5) is 0 Å². The second-order valence-electron chi connectivity index (χ2n) is 6.91. The second-order valence-corrected chi connectivity index (χ2v) is 6.91. The van der Waals surface area contributed by atoms with E-state index in [4.69, 9.17) is 9.84 Å². The zero-order valence-corrected chi connectivity index (χ0v) is 15.6. The maximum atomic E-state index is 12.4. The maximum Gasteiger partial charge on any atom is 0.335 e. The third-order valence-electron chi connectivity index (χ3n) is 4.82. The summed E-state index contributed by atoms with van der Waals surface area (Å²) in [6.07, 6.45) is 1.52. The van der Waals surface area contributed by atoms with Gasteiger partial charge >= 0.3 is 5.97 Å². The lowest BCUT2D eigenvalue weighted by atomic mass is 10.0. The monoisotopic (exact) mass is 383 g/mol. The molecule has 3 fully saturated rings. The Kier molecular flexibility index (Phi) is 4.54. The van der Waals surface area contributed by atoms with Gasteiger partial charge in [-0.05, 0) is 24.3 Å². The van der Waals surface area contributed by atoms with Gasteiger partial charge in [-0.2, -0.15) is 0 Å². The largest absolute Gasteiger partial charge is 0.497 e. The lowest BCUT2D eigenvalue weighted by molar-refractivity contribution is -0.117. The van der Waals surface area contributed by atoms with Crippen molar-refractivity contribution in [2.75, 3.05) is 46.4 Å². The Balaban J connectivity index is 0.000000153. The Morgan fingerprint density at radius 1 is 0.893 bits per heavy atom. The number of hydrogen-bond donors (Lipinski definition) is 1. The molecule has 1 N–H and O–H groups in total. The molecule has 8 heteroatoms. The molecule has 28 heavy (non-hydrogen) atoms. The Hall–Kier alpha value is -3.29. The number of hydrogen-bond acceptors (Lipinski definition) is 7. The van der Waals surface area contributed by atoms with Crippen molar-refractivity contribution in [1.29, 1.82) is 0 Å². The molecule has 8 nitrogen and oxygen atoms in total. The fraction of sp³-hybridized carbons (Fsp3) is 0.350. The highest BCUT2D eigenvalue weighted by molar-refractivity contribution is 6.22. The number of Topliss-reactive ketones (excluding diaryl/α,β-unsaturated/α-hetero) is 1. The number of aromatic carboxylic acids is 1. The average Bonchev–Trinajstić information content (AvgIpc) is 3.55. The first kappa shape index (κ1) is 18.1. The molecule has 0 atom stereocenters. The second kappa shape index (κ2) is 7.03. The van der Waals surface area contributed by atoms with E-state index in [-0.39, 0.29) is 17.1 Å². The van der Waals surface area contributed by atoms with E-state index in [1.54, 1.807) is 12.1 Å². The molecule has 1 aromatic carbocycles. The zero-order chi connectivity index (χ0) is 19.8. The number of allylic oxidation sites excluding steroid dienone is 1. The molecule has 5 rings (SSSR count). The van der Waals surface area contributed by atoms with E-state index in [0.29, 0.717) is 22.8 Å². The van der Waals surface area contributed by atoms with Gasteiger partial charge in [0, 0.05) is 45.3 Å². The van der Waals surface area contributed by atoms with Crippen LogP contribution in [-0.2, 0) is 9.59 Å². The van der Waals surface area contributed by atoms with Gasteiger partial charge in [0.1, 0.15) is 17.1 Å². The summed E-state index contributed by atoms with van der Waals surface area (Å²) in [6, 6.07) is 6.23. The third-order valence-corrected chi connectivity index (χ3v) is 4.82. The summed E-state index contributed by atoms with van der Waals surface area (Å²) in [5.74, 6) is -0.213. The van der Waals surface area contributed by atoms with E-state index in [1.165, 1.54) is 25.3 Å². The number of nitrogens with zero attached hydrogens (tertiary/aromatic N) is 3. The number of methoxy groups -OCH3 is 1. The highest BCUT2D eigenvalue weighted by atomic mass is 16.5. The summed E-state index contributed by atoms with van der Waals surface area (Å²) in [6.45, 7) is 5.41. The topological polar surface area (TPSA) is 89.7 Å². The molecule has 0 bridgehead atoms. The standard InChI is InChI=1S/C12H13N3O2.C8H8O3/c16-9-7-8(13-1-2-13)12(17)11(15-5-6-15)10(9)14-3-4-14;1-11-7-4-2-6(3-5-7)8(9)10/h7H,1-6H2;2-5H,1H3,(H,9,10). The highest BCUT2D eigenvalue weighted by Gasteiger charge is 2.43. The van der Waals surface area contributed by atoms with Crippen LogP contribution < -0.4 is 4.74 Å². The number of carbonyl (C=O) groups excluding carboxylic acids is 2. The molecule has 3 aliphatic heterocycles. The van der Waals surface area contributed by atoms with E-state index < -0.39 is 5.97 Å². The Bertz CT molecular complexity index is 891. The minimum Gasteiger partial charge on any atom is -0.497 e. The molecule has 0 spiro atoms. The van der Waals surface area contributed by atoms with Crippen LogP contribution in [0.2, 0.25) is 0 Å². The predicted octanol–water partition coefficient (Wildman–Crippen LogP) is 0.574. The lowest BCUT2D eigenvalue weighted by Crippen LogP contribution is -2.29. The predicted molar refractivity (Wildman–Crippen MR) is 99.8 cm³/mol. The fourth-order valence-electron chi connectivity index (χ4n) is 3.01. The van der Waals surface area contributed by atoms with E-state index in [0.717, 1.165) is 39.3 Å². The number of rotatable bonds is 5. The smallest absolute Gasteiger partial charge is 0.335 e. The first-order chi connectivity index (χ1) is 13.5. The van der Waals surface area contributed by atoms with Crippen molar-refractivity contribution in [3.8, 4) is 5.75 Å². The van der Waals surface area contributed by atoms with Gasteiger partial charge in [0.2, 0.25) is 11.6 Å². The van der Waals surface area contributed by atoms with E-state index in [9.17, 15) is 14.4 Å². The van der Waals surface area contributed by atoms with Crippen LogP contribution in [0.3, 0.4) is 0 Å². The van der Waals surface area contributed by atoms with Crippen molar-refractivity contribution in [1.82, 2.24) is 14.7 Å². The van der Waals surface area contributed by atoms with Gasteiger partial charge in [0.05, 0.1) is 18.4 Å². The first-order valence-electron chi connectivity index (χ1n) is 9.17. The Labute approximate surface area is 162 Å². The summed E-state index contributed by atoms with van der Waals surface area (Å²) in [5.41, 5.74) is 2.16. The van der Waals surface area contributed by atoms with E-state index >= 15 is 0 Å². The van der Waals surface area contributed by atoms with Gasteiger partial charge in [0.25, 0.3) is 0 Å². The summed E-state index contributed by atoms with van der Waals surface area (Å²) < 4.78 is 4.86. The summed E-state index contributed by atoms with van der Waals surface area (Å²) in [4.78, 5) is 40.8. The first-order valence-corrected chi connectivity index (χ1v) is 9.17. The summed E-state index contributed by atoms with van der Waals surface area (Å²) in [7, 11) is 1.54. The molecule has 146 valence electrons. The van der Waals surface area contributed by atoms with Crippen LogP contribution >= 0.6 is 0 Å². The Morgan fingerprint density at radius 3 is 1.89 bits per heavy atom. The molecule has 0 unspecified atom stereocenters. The molecule has 3 saturated heterocycles. The molecule has 0 aromatic heterocycles. The van der Waals surface area contributed by atoms with Gasteiger partial charge in [-0.3, -0.25) is 9.59 Å². The van der Waals surface area contributed by atoms with Crippen LogP contribution in [0.15, 0.2) is 47.4 Å². The van der Waals surface area contributed by atoms with Crippen molar-refractivity contribution in [3.63, 3.8) is 0 Å². The summed E-state index contributed by atoms with van der Waals surface area (Å²) in [5, 5.41) is 8.51. The van der Waals surface area contributed by atoms with Gasteiger partial charge < -0.3 is 24.5 Å². The number of carboxylic acid groups (broad SMARTS) is 1. The van der Waals surface area contributed by atoms with Crippen molar-refractivity contribution < 1.29 is 24.2 Å². The molecule has 0 radical (unpaired) electrons. The molecule has 0 saturated carbocycles. The minimum absolute atomic E-state index is 0.00546. The van der Waals surface area contributed by atoms with Crippen molar-refractivity contribution in [2.24, 2.45) is 0 Å². The van der Waals surface area contributed by atoms with E-state index in [1.807, 2.05) is 14.7 Å². The molecular weight excluding hydrogens is 362 g/mol. The van der Waals surface area contributed by atoms with Crippen molar-refractivity contribution >= 4 is 17.5 Å². The summed E-state index contributed by atoms with van der Waals surface area (Å²) >= 11 is 0. The molecule has 0 amide bonds. The maximum absolute atomic E-state index is 12.4. The lowest BCUT2D eigenvalue weighted by Gasteiger charge is -2.21. The van der Waals surface area contributed by atoms with Crippen LogP contribution in [0.1, 0.15) is 10.4 Å². The Morgan fingerprint density at radius 2 is 1.43 bits per heavy atom. The number of benzene rings is 1. The minimum atomic E-state index is -0.923. The quantitative estimate of drug-likeness (QED) is 0.583. The number of carboxylic acids is 1. The van der Waals surface area contributed by atoms with Gasteiger partial charge in [-0.15, -0.1) is 0 Å². The highest BCUT2D eigenvalue weighted by Crippen LogP contribution is 2.33. The zero-order valence-electron chi connectivity index (χ0n) is 15.6. The van der Waals surface area contributed by atoms with E-state index in [2.05, 4.69) is 0 Å². The van der Waals surface area contributed by atoms with Crippen LogP contribution in [0, 0.1) is 0 Å². The number of carbonyl (C=O) groups is 3. The van der Waals surface area contributed by atoms with Gasteiger partial charge in [0.15, 0.2) is 0 Å². The molecule has 1 aromatic rings. The molecule has 3 heterocycles. The van der Waals surface area contributed by atoms with Crippen molar-refractivity contribution in [2.45, 2.75) is 0 Å². The van der Waals surface area contributed by atoms with Crippen LogP contribution in [-0.4, -0.2) is 83.7 Å². The normalized spacial score (nSPS) is 19.8. The number of ether oxygens (including phenoxy) is 1. The molecule has 4 aliphatic rings. The average molecular weight is 383 g/mol. The van der Waals surface area contributed by atoms with Crippen LogP contribution in [0.5, 0.6) is 5.75 Å². The van der Waals surface area contributed by atoms with Gasteiger partial charge in [-0.1, -0.05) is 0 Å². The third kappa shape index (κ3) is 3.71. The number of ketones is 2. The fourth-order valence-corrected chi connectivity index (χ4v) is 3.01. The SMILES string of the molecule is COc1ccc(C(=O)O)cc1.O=C1C=C(N2CC2)C(=O)C(N2CC2)=C1N1CC1. The molecular formula is C20H21N3O5. The van der Waals surface area contributed by atoms with Crippen molar-refractivity contribution in [3.05, 3.63) is 53.0 Å². The van der Waals surface area contributed by atoms with Crippen LogP contribution in [0.25, 0.3) is 0 Å². The van der Waals surface area contributed by atoms with Gasteiger partial charge in [-0.25, -0.2) is 4.79 Å².